The van der Waals surface area contributed by atoms with Gasteiger partial charge in [-0.1, -0.05) is 0 Å². The summed E-state index contributed by atoms with van der Waals surface area (Å²) >= 11 is 0. The average molecular weight is 290 g/mol. The Kier molecular flexibility index (Phi) is 4.02. The second-order valence-electron chi connectivity index (χ2n) is 4.34. The first kappa shape index (κ1) is 14.7. The van der Waals surface area contributed by atoms with E-state index in [0.29, 0.717) is 5.69 Å². The normalized spacial score (nSPS) is 10.4. The molecule has 2 aromatic rings. The van der Waals surface area contributed by atoms with Gasteiger partial charge >= 0.3 is 11.7 Å². The van der Waals surface area contributed by atoms with Gasteiger partial charge in [0.2, 0.25) is 0 Å². The van der Waals surface area contributed by atoms with Gasteiger partial charge in [0.25, 0.3) is 0 Å². The summed E-state index contributed by atoms with van der Waals surface area (Å²) in [5.74, 6) is -0.421. The molecule has 21 heavy (non-hydrogen) atoms. The van der Waals surface area contributed by atoms with Crippen molar-refractivity contribution < 1.29 is 18.9 Å². The maximum atomic E-state index is 12.1. The van der Waals surface area contributed by atoms with Gasteiger partial charge in [-0.15, -0.1) is 0 Å². The molecule has 0 atom stereocenters. The van der Waals surface area contributed by atoms with Crippen LogP contribution in [0.3, 0.4) is 0 Å². The molecular formula is C14H14N2O5. The molecule has 0 amide bonds. The van der Waals surface area contributed by atoms with Crippen molar-refractivity contribution in [3.8, 4) is 11.3 Å². The summed E-state index contributed by atoms with van der Waals surface area (Å²) < 4.78 is 10.2. The first-order chi connectivity index (χ1) is 9.97. The molecule has 0 bridgehead atoms. The maximum absolute atomic E-state index is 12.1. The molecule has 0 aliphatic rings. The number of hydrogen-bond acceptors (Lipinski definition) is 6. The number of aryl methyl sites for hydroxylation is 2. The van der Waals surface area contributed by atoms with Crippen LogP contribution in [0.4, 0.5) is 5.69 Å². The highest BCUT2D eigenvalue weighted by molar-refractivity contribution is 6.00. The Morgan fingerprint density at radius 1 is 1.43 bits per heavy atom. The zero-order valence-electron chi connectivity index (χ0n) is 11.9. The summed E-state index contributed by atoms with van der Waals surface area (Å²) in [7, 11) is 0. The molecule has 0 radical (unpaired) electrons. The van der Waals surface area contributed by atoms with E-state index in [2.05, 4.69) is 4.98 Å². The lowest BCUT2D eigenvalue weighted by Crippen LogP contribution is -2.13. The fourth-order valence-corrected chi connectivity index (χ4v) is 2.18. The molecule has 2 heterocycles. The van der Waals surface area contributed by atoms with Crippen molar-refractivity contribution in [3.05, 3.63) is 45.5 Å². The minimum atomic E-state index is -0.656. The Labute approximate surface area is 120 Å². The van der Waals surface area contributed by atoms with Gasteiger partial charge in [0.05, 0.1) is 29.1 Å². The molecule has 0 fully saturated rings. The van der Waals surface area contributed by atoms with Crippen molar-refractivity contribution in [3.63, 3.8) is 0 Å². The first-order valence-corrected chi connectivity index (χ1v) is 6.34. The summed E-state index contributed by atoms with van der Waals surface area (Å²) in [5, 5.41) is 11.4. The number of rotatable bonds is 4. The molecule has 2 rings (SSSR count). The van der Waals surface area contributed by atoms with E-state index in [4.69, 9.17) is 9.15 Å². The van der Waals surface area contributed by atoms with Crippen LogP contribution in [0, 0.1) is 24.0 Å². The Bertz CT molecular complexity index is 692. The number of esters is 1. The molecule has 7 heteroatoms. The number of pyridine rings is 1. The molecule has 0 saturated heterocycles. The summed E-state index contributed by atoms with van der Waals surface area (Å²) in [6, 6.07) is 3.16. The van der Waals surface area contributed by atoms with E-state index in [-0.39, 0.29) is 34.9 Å². The molecule has 0 aliphatic heterocycles. The van der Waals surface area contributed by atoms with Crippen LogP contribution in [-0.4, -0.2) is 22.5 Å². The van der Waals surface area contributed by atoms with Crippen LogP contribution in [0.2, 0.25) is 0 Å². The second kappa shape index (κ2) is 5.74. The van der Waals surface area contributed by atoms with Crippen molar-refractivity contribution in [2.24, 2.45) is 0 Å². The van der Waals surface area contributed by atoms with E-state index in [0.717, 1.165) is 0 Å². The first-order valence-electron chi connectivity index (χ1n) is 6.34. The van der Waals surface area contributed by atoms with Gasteiger partial charge in [0.15, 0.2) is 0 Å². The topological polar surface area (TPSA) is 95.5 Å². The van der Waals surface area contributed by atoms with Gasteiger partial charge < -0.3 is 9.15 Å². The highest BCUT2D eigenvalue weighted by Gasteiger charge is 2.31. The fourth-order valence-electron chi connectivity index (χ4n) is 2.18. The van der Waals surface area contributed by atoms with Crippen LogP contribution in [0.25, 0.3) is 11.3 Å². The van der Waals surface area contributed by atoms with Crippen molar-refractivity contribution in [2.45, 2.75) is 20.8 Å². The third kappa shape index (κ3) is 2.62. The largest absolute Gasteiger partial charge is 0.464 e. The number of ether oxygens (including phenoxy) is 1. The average Bonchev–Trinajstić information content (AvgIpc) is 2.90. The van der Waals surface area contributed by atoms with Crippen molar-refractivity contribution in [1.82, 2.24) is 4.98 Å². The lowest BCUT2D eigenvalue weighted by molar-refractivity contribution is -0.385. The van der Waals surface area contributed by atoms with Crippen LogP contribution < -0.4 is 0 Å². The molecule has 7 nitrogen and oxygen atoms in total. The van der Waals surface area contributed by atoms with Gasteiger partial charge in [-0.3, -0.25) is 15.1 Å². The van der Waals surface area contributed by atoms with E-state index >= 15 is 0 Å². The third-order valence-corrected chi connectivity index (χ3v) is 2.96. The molecule has 0 aromatic carbocycles. The molecular weight excluding hydrogens is 276 g/mol. The summed E-state index contributed by atoms with van der Waals surface area (Å²) in [5.41, 5.74) is 0.496. The van der Waals surface area contributed by atoms with E-state index in [1.54, 1.807) is 26.0 Å². The number of nitro groups is 1. The maximum Gasteiger partial charge on any atom is 0.340 e. The van der Waals surface area contributed by atoms with Crippen LogP contribution in [-0.2, 0) is 4.74 Å². The van der Waals surface area contributed by atoms with Gasteiger partial charge in [-0.25, -0.2) is 4.79 Å². The SMILES string of the molecule is CCOC(=O)c1c(C)nc(C)c([N+](=O)[O-])c1-c1ccco1. The molecule has 0 spiro atoms. The molecule has 2 aromatic heterocycles. The van der Waals surface area contributed by atoms with Crippen molar-refractivity contribution in [2.75, 3.05) is 6.61 Å². The Balaban J connectivity index is 2.83. The predicted octanol–water partition coefficient (Wildman–Crippen LogP) is 3.04. The number of carbonyl (C=O) groups is 1. The number of nitrogens with zero attached hydrogens (tertiary/aromatic N) is 2. The number of hydrogen-bond donors (Lipinski definition) is 0. The van der Waals surface area contributed by atoms with Crippen LogP contribution in [0.15, 0.2) is 22.8 Å². The summed E-state index contributed by atoms with van der Waals surface area (Å²) in [6.07, 6.45) is 1.39. The third-order valence-electron chi connectivity index (χ3n) is 2.96. The number of furan rings is 1. The van der Waals surface area contributed by atoms with Gasteiger partial charge in [0, 0.05) is 0 Å². The van der Waals surface area contributed by atoms with Crippen molar-refractivity contribution >= 4 is 11.7 Å². The minimum absolute atomic E-state index is 0.0594. The molecule has 0 N–H and O–H groups in total. The van der Waals surface area contributed by atoms with Crippen LogP contribution in [0.1, 0.15) is 28.7 Å². The summed E-state index contributed by atoms with van der Waals surface area (Å²) in [4.78, 5) is 27.0. The van der Waals surface area contributed by atoms with E-state index in [1.165, 1.54) is 13.2 Å². The molecule has 0 saturated carbocycles. The van der Waals surface area contributed by atoms with Crippen LogP contribution >= 0.6 is 0 Å². The Morgan fingerprint density at radius 2 is 2.14 bits per heavy atom. The zero-order chi connectivity index (χ0) is 15.6. The fraction of sp³-hybridized carbons (Fsp3) is 0.286. The van der Waals surface area contributed by atoms with E-state index in [1.807, 2.05) is 0 Å². The highest BCUT2D eigenvalue weighted by atomic mass is 16.6. The standard InChI is InChI=1S/C14H14N2O5/c1-4-20-14(17)11-8(2)15-9(3)13(16(18)19)12(11)10-6-5-7-21-10/h5-7H,4H2,1-3H3. The van der Waals surface area contributed by atoms with Gasteiger partial charge in [-0.05, 0) is 32.9 Å². The number of carbonyl (C=O) groups excluding carboxylic acids is 1. The van der Waals surface area contributed by atoms with E-state index < -0.39 is 10.9 Å². The van der Waals surface area contributed by atoms with Crippen LogP contribution in [0.5, 0.6) is 0 Å². The number of aromatic nitrogens is 1. The quantitative estimate of drug-likeness (QED) is 0.488. The zero-order valence-corrected chi connectivity index (χ0v) is 11.9. The predicted molar refractivity (Wildman–Crippen MR) is 74.0 cm³/mol. The molecule has 0 unspecified atom stereocenters. The lowest BCUT2D eigenvalue weighted by Gasteiger charge is -2.11. The van der Waals surface area contributed by atoms with Gasteiger partial charge in [0.1, 0.15) is 17.0 Å². The highest BCUT2D eigenvalue weighted by Crippen LogP contribution is 2.37. The molecule has 0 aliphatic carbocycles. The second-order valence-corrected chi connectivity index (χ2v) is 4.34. The Hall–Kier alpha value is -2.70. The van der Waals surface area contributed by atoms with Gasteiger partial charge in [-0.2, -0.15) is 0 Å². The van der Waals surface area contributed by atoms with Crippen molar-refractivity contribution in [1.29, 1.82) is 0 Å². The lowest BCUT2D eigenvalue weighted by atomic mass is 10.0. The molecule has 110 valence electrons. The monoisotopic (exact) mass is 290 g/mol. The summed E-state index contributed by atoms with van der Waals surface area (Å²) in [6.45, 7) is 4.95. The Morgan fingerprint density at radius 3 is 2.67 bits per heavy atom. The minimum Gasteiger partial charge on any atom is -0.464 e. The smallest absolute Gasteiger partial charge is 0.340 e. The van der Waals surface area contributed by atoms with E-state index in [9.17, 15) is 14.9 Å².